The normalized spacial score (nSPS) is 9.67. The summed E-state index contributed by atoms with van der Waals surface area (Å²) < 4.78 is 9.23. The number of anilines is 1. The third-order valence-corrected chi connectivity index (χ3v) is 2.43. The average Bonchev–Trinajstić information content (AvgIpc) is 2.42. The lowest BCUT2D eigenvalue weighted by Gasteiger charge is -2.10. The quantitative estimate of drug-likeness (QED) is 0.617. The van der Waals surface area contributed by atoms with Crippen LogP contribution in [-0.4, -0.2) is 32.7 Å². The number of benzene rings is 1. The minimum atomic E-state index is -0.383. The van der Waals surface area contributed by atoms with Crippen molar-refractivity contribution in [2.24, 2.45) is 0 Å². The largest absolute Gasteiger partial charge is 0.469 e. The third-order valence-electron chi connectivity index (χ3n) is 2.43. The first-order valence-corrected chi connectivity index (χ1v) is 5.67. The molecule has 0 aliphatic heterocycles. The van der Waals surface area contributed by atoms with E-state index in [1.54, 1.807) is 18.2 Å². The van der Waals surface area contributed by atoms with Gasteiger partial charge in [-0.3, -0.25) is 4.79 Å². The number of ether oxygens (including phenoxy) is 2. The van der Waals surface area contributed by atoms with Crippen LogP contribution in [0, 0.1) is 0 Å². The number of rotatable bonds is 6. The molecular weight excluding hydrogens is 234 g/mol. The van der Waals surface area contributed by atoms with Gasteiger partial charge in [-0.05, 0) is 18.6 Å². The van der Waals surface area contributed by atoms with Gasteiger partial charge in [0.25, 0.3) is 0 Å². The molecule has 0 unspecified atom stereocenters. The highest BCUT2D eigenvalue weighted by Crippen LogP contribution is 2.15. The summed E-state index contributed by atoms with van der Waals surface area (Å²) in [7, 11) is 2.71. The number of nitrogens with one attached hydrogen (secondary N) is 1. The Morgan fingerprint density at radius 2 is 1.89 bits per heavy atom. The van der Waals surface area contributed by atoms with Gasteiger partial charge in [-0.25, -0.2) is 4.79 Å². The molecule has 0 aliphatic rings. The Labute approximate surface area is 106 Å². The van der Waals surface area contributed by atoms with E-state index >= 15 is 0 Å². The van der Waals surface area contributed by atoms with Crippen molar-refractivity contribution in [3.63, 3.8) is 0 Å². The number of methoxy groups -OCH3 is 2. The van der Waals surface area contributed by atoms with Crippen molar-refractivity contribution in [2.45, 2.75) is 12.8 Å². The Hall–Kier alpha value is -2.04. The van der Waals surface area contributed by atoms with Crippen molar-refractivity contribution in [1.82, 2.24) is 0 Å². The maximum atomic E-state index is 11.5. The van der Waals surface area contributed by atoms with Gasteiger partial charge in [-0.2, -0.15) is 0 Å². The van der Waals surface area contributed by atoms with Crippen LogP contribution in [0.4, 0.5) is 5.69 Å². The summed E-state index contributed by atoms with van der Waals surface area (Å²) >= 11 is 0. The molecule has 0 fully saturated rings. The van der Waals surface area contributed by atoms with Gasteiger partial charge >= 0.3 is 11.9 Å². The van der Waals surface area contributed by atoms with Crippen LogP contribution in [0.3, 0.4) is 0 Å². The minimum Gasteiger partial charge on any atom is -0.469 e. The summed E-state index contributed by atoms with van der Waals surface area (Å²) in [6, 6.07) is 7.08. The number of carbonyl (C=O) groups is 2. The van der Waals surface area contributed by atoms with Crippen LogP contribution in [0.5, 0.6) is 0 Å². The highest BCUT2D eigenvalue weighted by atomic mass is 16.5. The molecule has 1 aromatic rings. The molecule has 0 spiro atoms. The molecule has 1 aromatic carbocycles. The summed E-state index contributed by atoms with van der Waals surface area (Å²) in [5.41, 5.74) is 1.19. The van der Waals surface area contributed by atoms with Crippen molar-refractivity contribution in [1.29, 1.82) is 0 Å². The molecule has 1 rings (SSSR count). The molecule has 1 N–H and O–H groups in total. The molecule has 98 valence electrons. The van der Waals surface area contributed by atoms with Crippen LogP contribution in [0.1, 0.15) is 23.2 Å². The molecule has 0 heterocycles. The highest BCUT2D eigenvalue weighted by Gasteiger charge is 2.10. The average molecular weight is 251 g/mol. The molecule has 0 radical (unpaired) electrons. The molecule has 0 atom stereocenters. The van der Waals surface area contributed by atoms with Gasteiger partial charge in [-0.15, -0.1) is 0 Å². The first-order valence-electron chi connectivity index (χ1n) is 5.67. The van der Waals surface area contributed by atoms with Gasteiger partial charge in [0, 0.05) is 18.7 Å². The zero-order chi connectivity index (χ0) is 13.4. The minimum absolute atomic E-state index is 0.238. The van der Waals surface area contributed by atoms with Crippen LogP contribution in [-0.2, 0) is 14.3 Å². The zero-order valence-corrected chi connectivity index (χ0v) is 10.6. The Kier molecular flexibility index (Phi) is 5.70. The van der Waals surface area contributed by atoms with Crippen LogP contribution >= 0.6 is 0 Å². The van der Waals surface area contributed by atoms with Crippen molar-refractivity contribution in [3.05, 3.63) is 29.8 Å². The van der Waals surface area contributed by atoms with E-state index in [-0.39, 0.29) is 11.9 Å². The molecule has 5 nitrogen and oxygen atoms in total. The number of carbonyl (C=O) groups excluding carboxylic acids is 2. The number of hydrogen-bond acceptors (Lipinski definition) is 5. The van der Waals surface area contributed by atoms with Gasteiger partial charge in [-0.1, -0.05) is 12.1 Å². The molecule has 18 heavy (non-hydrogen) atoms. The van der Waals surface area contributed by atoms with E-state index in [0.29, 0.717) is 30.6 Å². The lowest BCUT2D eigenvalue weighted by Crippen LogP contribution is -2.10. The predicted molar refractivity (Wildman–Crippen MR) is 67.5 cm³/mol. The van der Waals surface area contributed by atoms with E-state index in [2.05, 4.69) is 14.8 Å². The Balaban J connectivity index is 2.51. The smallest absolute Gasteiger partial charge is 0.339 e. The van der Waals surface area contributed by atoms with E-state index in [1.165, 1.54) is 14.2 Å². The van der Waals surface area contributed by atoms with Gasteiger partial charge in [0.15, 0.2) is 0 Å². The van der Waals surface area contributed by atoms with Crippen LogP contribution in [0.2, 0.25) is 0 Å². The summed E-state index contributed by atoms with van der Waals surface area (Å²) in [6.45, 7) is 0.586. The van der Waals surface area contributed by atoms with E-state index in [9.17, 15) is 9.59 Å². The fraction of sp³-hybridized carbons (Fsp3) is 0.385. The molecule has 0 aliphatic carbocycles. The molecule has 0 saturated carbocycles. The molecule has 0 saturated heterocycles. The fourth-order valence-corrected chi connectivity index (χ4v) is 1.48. The maximum absolute atomic E-state index is 11.5. The second-order valence-corrected chi connectivity index (χ2v) is 3.64. The zero-order valence-electron chi connectivity index (χ0n) is 10.6. The second kappa shape index (κ2) is 7.32. The van der Waals surface area contributed by atoms with E-state index < -0.39 is 0 Å². The second-order valence-electron chi connectivity index (χ2n) is 3.64. The summed E-state index contributed by atoms with van der Waals surface area (Å²) in [5.74, 6) is -0.621. The van der Waals surface area contributed by atoms with Crippen LogP contribution in [0.25, 0.3) is 0 Å². The molecule has 0 bridgehead atoms. The summed E-state index contributed by atoms with van der Waals surface area (Å²) in [4.78, 5) is 22.4. The SMILES string of the molecule is COC(=O)CCCNc1ccccc1C(=O)OC. The van der Waals surface area contributed by atoms with E-state index in [4.69, 9.17) is 0 Å². The molecule has 5 heteroatoms. The van der Waals surface area contributed by atoms with E-state index in [0.717, 1.165) is 0 Å². The van der Waals surface area contributed by atoms with Crippen molar-refractivity contribution in [2.75, 3.05) is 26.1 Å². The molecule has 0 amide bonds. The third kappa shape index (κ3) is 4.08. The monoisotopic (exact) mass is 251 g/mol. The lowest BCUT2D eigenvalue weighted by molar-refractivity contribution is -0.140. The van der Waals surface area contributed by atoms with Gasteiger partial charge in [0.1, 0.15) is 0 Å². The Bertz CT molecular complexity index is 417. The van der Waals surface area contributed by atoms with Gasteiger partial charge < -0.3 is 14.8 Å². The van der Waals surface area contributed by atoms with Gasteiger partial charge in [0.05, 0.1) is 19.8 Å². The first kappa shape index (κ1) is 14.0. The van der Waals surface area contributed by atoms with Crippen molar-refractivity contribution < 1.29 is 19.1 Å². The number of esters is 2. The fourth-order valence-electron chi connectivity index (χ4n) is 1.48. The summed E-state index contributed by atoms with van der Waals surface area (Å²) in [5, 5.41) is 3.10. The number of para-hydroxylation sites is 1. The number of hydrogen-bond donors (Lipinski definition) is 1. The Morgan fingerprint density at radius 1 is 1.17 bits per heavy atom. The van der Waals surface area contributed by atoms with Crippen LogP contribution in [0.15, 0.2) is 24.3 Å². The highest BCUT2D eigenvalue weighted by molar-refractivity contribution is 5.95. The van der Waals surface area contributed by atoms with Crippen molar-refractivity contribution >= 4 is 17.6 Å². The Morgan fingerprint density at radius 3 is 2.56 bits per heavy atom. The molecule has 0 aromatic heterocycles. The maximum Gasteiger partial charge on any atom is 0.339 e. The molecular formula is C13H17NO4. The standard InChI is InChI=1S/C13H17NO4/c1-17-12(15)8-5-9-14-11-7-4-3-6-10(11)13(16)18-2/h3-4,6-7,14H,5,8-9H2,1-2H3. The van der Waals surface area contributed by atoms with Crippen LogP contribution < -0.4 is 5.32 Å². The van der Waals surface area contributed by atoms with Crippen molar-refractivity contribution in [3.8, 4) is 0 Å². The topological polar surface area (TPSA) is 64.6 Å². The van der Waals surface area contributed by atoms with E-state index in [1.807, 2.05) is 6.07 Å². The first-order chi connectivity index (χ1) is 8.69. The predicted octanol–water partition coefficient (Wildman–Crippen LogP) is 1.84. The van der Waals surface area contributed by atoms with Gasteiger partial charge in [0.2, 0.25) is 0 Å². The summed E-state index contributed by atoms with van der Waals surface area (Å²) in [6.07, 6.45) is 0.992. The lowest BCUT2D eigenvalue weighted by atomic mass is 10.1.